The summed E-state index contributed by atoms with van der Waals surface area (Å²) >= 11 is 0. The number of aromatic nitrogens is 2. The van der Waals surface area contributed by atoms with Crippen LogP contribution in [-0.2, 0) is 19.4 Å². The molecule has 2 aromatic rings. The van der Waals surface area contributed by atoms with Gasteiger partial charge in [0.25, 0.3) is 0 Å². The first-order chi connectivity index (χ1) is 11.2. The number of Topliss-reactive ketones (excluding diaryl/α,β-unsaturated/α-hetero) is 1. The monoisotopic (exact) mass is 311 g/mol. The number of ketones is 1. The van der Waals surface area contributed by atoms with Gasteiger partial charge in [-0.1, -0.05) is 17.3 Å². The second kappa shape index (κ2) is 5.89. The number of hydrogen-bond acceptors (Lipinski definition) is 5. The van der Waals surface area contributed by atoms with Gasteiger partial charge in [0, 0.05) is 24.6 Å². The third-order valence-electron chi connectivity index (χ3n) is 4.78. The van der Waals surface area contributed by atoms with Gasteiger partial charge in [-0.2, -0.15) is 4.98 Å². The van der Waals surface area contributed by atoms with Crippen molar-refractivity contribution in [2.24, 2.45) is 0 Å². The molecule has 120 valence electrons. The van der Waals surface area contributed by atoms with Gasteiger partial charge in [0.1, 0.15) is 0 Å². The highest BCUT2D eigenvalue weighted by atomic mass is 16.5. The van der Waals surface area contributed by atoms with E-state index in [2.05, 4.69) is 27.2 Å². The quantitative estimate of drug-likeness (QED) is 0.813. The summed E-state index contributed by atoms with van der Waals surface area (Å²) in [5.74, 6) is 2.24. The summed E-state index contributed by atoms with van der Waals surface area (Å²) in [6.07, 6.45) is 4.32. The summed E-state index contributed by atoms with van der Waals surface area (Å²) in [7, 11) is 0. The van der Waals surface area contributed by atoms with Crippen molar-refractivity contribution in [1.29, 1.82) is 0 Å². The van der Waals surface area contributed by atoms with Crippen molar-refractivity contribution < 1.29 is 9.32 Å². The second-order valence-corrected chi connectivity index (χ2v) is 6.64. The van der Waals surface area contributed by atoms with Gasteiger partial charge in [0.05, 0.1) is 6.54 Å². The SMILES string of the molecule is CC(=O)c1ccc2c(c1)CCN(Cc1noc(C3CC3)n1)CC2. The van der Waals surface area contributed by atoms with Gasteiger partial charge in [-0.15, -0.1) is 0 Å². The third-order valence-corrected chi connectivity index (χ3v) is 4.78. The molecule has 0 atom stereocenters. The van der Waals surface area contributed by atoms with Crippen molar-refractivity contribution >= 4 is 5.78 Å². The number of nitrogens with zero attached hydrogens (tertiary/aromatic N) is 3. The van der Waals surface area contributed by atoms with Crippen LogP contribution in [-0.4, -0.2) is 33.9 Å². The Morgan fingerprint density at radius 1 is 1.26 bits per heavy atom. The summed E-state index contributed by atoms with van der Waals surface area (Å²) in [5.41, 5.74) is 3.46. The number of carbonyl (C=O) groups excluding carboxylic acids is 1. The van der Waals surface area contributed by atoms with Crippen molar-refractivity contribution in [1.82, 2.24) is 15.0 Å². The number of rotatable bonds is 4. The number of fused-ring (bicyclic) bond motifs is 1. The minimum absolute atomic E-state index is 0.133. The average molecular weight is 311 g/mol. The molecule has 2 aliphatic rings. The van der Waals surface area contributed by atoms with Crippen LogP contribution < -0.4 is 0 Å². The topological polar surface area (TPSA) is 59.2 Å². The van der Waals surface area contributed by atoms with Gasteiger partial charge in [0.15, 0.2) is 11.6 Å². The molecule has 0 unspecified atom stereocenters. The molecule has 0 radical (unpaired) electrons. The van der Waals surface area contributed by atoms with Crippen LogP contribution in [0.1, 0.15) is 58.9 Å². The Morgan fingerprint density at radius 2 is 2.04 bits per heavy atom. The third kappa shape index (κ3) is 3.20. The van der Waals surface area contributed by atoms with Crippen LogP contribution in [0.4, 0.5) is 0 Å². The highest BCUT2D eigenvalue weighted by Gasteiger charge is 2.29. The first-order valence-electron chi connectivity index (χ1n) is 8.36. The fourth-order valence-electron chi connectivity index (χ4n) is 3.18. The fourth-order valence-corrected chi connectivity index (χ4v) is 3.18. The molecule has 0 spiro atoms. The Hall–Kier alpha value is -2.01. The van der Waals surface area contributed by atoms with E-state index in [1.54, 1.807) is 6.92 Å². The molecule has 2 heterocycles. The Balaban J connectivity index is 1.43. The molecule has 4 rings (SSSR count). The molecule has 23 heavy (non-hydrogen) atoms. The normalized spacial score (nSPS) is 18.5. The van der Waals surface area contributed by atoms with E-state index in [-0.39, 0.29) is 5.78 Å². The molecule has 5 nitrogen and oxygen atoms in total. The Bertz CT molecular complexity index is 734. The van der Waals surface area contributed by atoms with Gasteiger partial charge in [-0.25, -0.2) is 0 Å². The van der Waals surface area contributed by atoms with Gasteiger partial charge < -0.3 is 4.52 Å². The molecular formula is C18H21N3O2. The van der Waals surface area contributed by atoms with Gasteiger partial charge in [-0.3, -0.25) is 9.69 Å². The number of carbonyl (C=O) groups is 1. The number of hydrogen-bond donors (Lipinski definition) is 0. The molecule has 5 heteroatoms. The summed E-state index contributed by atoms with van der Waals surface area (Å²) in [6, 6.07) is 6.10. The van der Waals surface area contributed by atoms with Crippen molar-refractivity contribution in [2.75, 3.05) is 13.1 Å². The molecular weight excluding hydrogens is 290 g/mol. The van der Waals surface area contributed by atoms with E-state index < -0.39 is 0 Å². The zero-order chi connectivity index (χ0) is 15.8. The van der Waals surface area contributed by atoms with Crippen LogP contribution in [0.5, 0.6) is 0 Å². The van der Waals surface area contributed by atoms with E-state index >= 15 is 0 Å². The van der Waals surface area contributed by atoms with Crippen LogP contribution in [0.2, 0.25) is 0 Å². The lowest BCUT2D eigenvalue weighted by molar-refractivity contribution is 0.101. The molecule has 1 aromatic heterocycles. The molecule has 0 N–H and O–H groups in total. The fraction of sp³-hybridized carbons (Fsp3) is 0.500. The first kappa shape index (κ1) is 14.6. The average Bonchev–Trinajstić information content (AvgIpc) is 3.32. The zero-order valence-electron chi connectivity index (χ0n) is 13.4. The van der Waals surface area contributed by atoms with E-state index in [4.69, 9.17) is 4.52 Å². The van der Waals surface area contributed by atoms with Gasteiger partial charge in [0.2, 0.25) is 5.89 Å². The molecule has 0 amide bonds. The minimum Gasteiger partial charge on any atom is -0.339 e. The second-order valence-electron chi connectivity index (χ2n) is 6.64. The minimum atomic E-state index is 0.133. The first-order valence-corrected chi connectivity index (χ1v) is 8.36. The van der Waals surface area contributed by atoms with Gasteiger partial charge in [-0.05, 0) is 49.8 Å². The highest BCUT2D eigenvalue weighted by Crippen LogP contribution is 2.38. The maximum atomic E-state index is 11.5. The molecule has 0 bridgehead atoms. The van der Waals surface area contributed by atoms with E-state index in [0.29, 0.717) is 5.92 Å². The van der Waals surface area contributed by atoms with E-state index in [1.807, 2.05) is 6.07 Å². The van der Waals surface area contributed by atoms with E-state index in [1.165, 1.54) is 24.0 Å². The molecule has 1 aliphatic carbocycles. The summed E-state index contributed by atoms with van der Waals surface area (Å²) in [6.45, 7) is 4.31. The summed E-state index contributed by atoms with van der Waals surface area (Å²) < 4.78 is 5.34. The van der Waals surface area contributed by atoms with Crippen molar-refractivity contribution in [3.63, 3.8) is 0 Å². The van der Waals surface area contributed by atoms with Crippen LogP contribution in [0.25, 0.3) is 0 Å². The lowest BCUT2D eigenvalue weighted by atomic mass is 9.99. The summed E-state index contributed by atoms with van der Waals surface area (Å²) in [5, 5.41) is 4.12. The molecule has 1 saturated carbocycles. The van der Waals surface area contributed by atoms with Gasteiger partial charge >= 0.3 is 0 Å². The Kier molecular flexibility index (Phi) is 3.73. The number of benzene rings is 1. The van der Waals surface area contributed by atoms with Crippen molar-refractivity contribution in [3.05, 3.63) is 46.6 Å². The molecule has 1 fully saturated rings. The van der Waals surface area contributed by atoms with Crippen molar-refractivity contribution in [2.45, 2.75) is 45.1 Å². The molecule has 1 aliphatic heterocycles. The lowest BCUT2D eigenvalue weighted by Gasteiger charge is -2.17. The van der Waals surface area contributed by atoms with Crippen LogP contribution in [0.3, 0.4) is 0 Å². The largest absolute Gasteiger partial charge is 0.339 e. The summed E-state index contributed by atoms with van der Waals surface area (Å²) in [4.78, 5) is 18.4. The Labute approximate surface area is 135 Å². The Morgan fingerprint density at radius 3 is 2.78 bits per heavy atom. The standard InChI is InChI=1S/C18H21N3O2/c1-12(22)15-5-2-13-6-8-21(9-7-16(13)10-15)11-17-19-18(23-20-17)14-3-4-14/h2,5,10,14H,3-4,6-9,11H2,1H3. The van der Waals surface area contributed by atoms with Crippen LogP contribution in [0, 0.1) is 0 Å². The van der Waals surface area contributed by atoms with E-state index in [0.717, 1.165) is 49.8 Å². The van der Waals surface area contributed by atoms with Crippen molar-refractivity contribution in [3.8, 4) is 0 Å². The maximum Gasteiger partial charge on any atom is 0.229 e. The van der Waals surface area contributed by atoms with E-state index in [9.17, 15) is 4.79 Å². The van der Waals surface area contributed by atoms with Crippen LogP contribution >= 0.6 is 0 Å². The predicted octanol–water partition coefficient (Wildman–Crippen LogP) is 2.75. The lowest BCUT2D eigenvalue weighted by Crippen LogP contribution is -2.26. The highest BCUT2D eigenvalue weighted by molar-refractivity contribution is 5.94. The zero-order valence-corrected chi connectivity index (χ0v) is 13.4. The maximum absolute atomic E-state index is 11.5. The molecule has 0 saturated heterocycles. The molecule has 1 aromatic carbocycles. The van der Waals surface area contributed by atoms with Crippen LogP contribution in [0.15, 0.2) is 22.7 Å². The predicted molar refractivity (Wildman–Crippen MR) is 85.4 cm³/mol. The smallest absolute Gasteiger partial charge is 0.229 e.